The molecule has 0 radical (unpaired) electrons. The first-order valence-electron chi connectivity index (χ1n) is 7.11. The van der Waals surface area contributed by atoms with Gasteiger partial charge in [-0.3, -0.25) is 14.6 Å². The van der Waals surface area contributed by atoms with Crippen molar-refractivity contribution in [2.24, 2.45) is 0 Å². The van der Waals surface area contributed by atoms with Crippen LogP contribution in [0.15, 0.2) is 48.8 Å². The van der Waals surface area contributed by atoms with Crippen molar-refractivity contribution >= 4 is 17.5 Å². The first kappa shape index (κ1) is 18.4. The average Bonchev–Trinajstić information content (AvgIpc) is 2.59. The number of amides is 2. The Kier molecular flexibility index (Phi) is 5.71. The van der Waals surface area contributed by atoms with Crippen molar-refractivity contribution in [3.63, 3.8) is 0 Å². The van der Waals surface area contributed by atoms with E-state index in [1.165, 1.54) is 30.6 Å². The Morgan fingerprint density at radius 3 is 2.44 bits per heavy atom. The maximum atomic E-state index is 12.7. The molecule has 2 rings (SSSR count). The molecule has 2 aromatic rings. The minimum absolute atomic E-state index is 0.101. The van der Waals surface area contributed by atoms with Gasteiger partial charge in [0.25, 0.3) is 5.91 Å². The number of hydrogen-bond acceptors (Lipinski definition) is 4. The molecule has 132 valence electrons. The van der Waals surface area contributed by atoms with Gasteiger partial charge in [-0.2, -0.15) is 13.2 Å². The van der Waals surface area contributed by atoms with Crippen LogP contribution in [0.1, 0.15) is 15.9 Å². The minimum Gasteiger partial charge on any atom is -0.394 e. The van der Waals surface area contributed by atoms with Crippen molar-refractivity contribution in [1.29, 1.82) is 0 Å². The van der Waals surface area contributed by atoms with Crippen LogP contribution in [0.25, 0.3) is 0 Å². The number of aliphatic hydroxyl groups is 1. The molecule has 0 bridgehead atoms. The molecule has 1 aromatic carbocycles. The van der Waals surface area contributed by atoms with Gasteiger partial charge in [-0.1, -0.05) is 6.07 Å². The average molecular weight is 353 g/mol. The fraction of sp³-hybridized carbons (Fsp3) is 0.188. The summed E-state index contributed by atoms with van der Waals surface area (Å²) in [5.41, 5.74) is -0.802. The number of carbonyl (C=O) groups excluding carboxylic acids is 2. The van der Waals surface area contributed by atoms with Crippen LogP contribution in [0.2, 0.25) is 0 Å². The van der Waals surface area contributed by atoms with Gasteiger partial charge in [-0.15, -0.1) is 0 Å². The number of pyridine rings is 1. The summed E-state index contributed by atoms with van der Waals surface area (Å²) in [5.74, 6) is -1.47. The molecule has 0 aliphatic carbocycles. The summed E-state index contributed by atoms with van der Waals surface area (Å²) in [6.45, 7) is -0.721. The molecule has 1 heterocycles. The predicted octanol–water partition coefficient (Wildman–Crippen LogP) is 1.83. The lowest BCUT2D eigenvalue weighted by molar-refractivity contribution is -0.137. The Bertz CT molecular complexity index is 751. The highest BCUT2D eigenvalue weighted by Crippen LogP contribution is 2.30. The predicted molar refractivity (Wildman–Crippen MR) is 82.7 cm³/mol. The molecule has 1 aromatic heterocycles. The van der Waals surface area contributed by atoms with Gasteiger partial charge in [0, 0.05) is 23.6 Å². The number of alkyl halides is 3. The summed E-state index contributed by atoms with van der Waals surface area (Å²) in [6.07, 6.45) is -1.79. The first-order valence-corrected chi connectivity index (χ1v) is 7.11. The van der Waals surface area contributed by atoms with Gasteiger partial charge in [0.1, 0.15) is 6.04 Å². The molecule has 0 spiro atoms. The second-order valence-corrected chi connectivity index (χ2v) is 5.01. The maximum Gasteiger partial charge on any atom is 0.416 e. The number of halogens is 3. The molecule has 0 saturated heterocycles. The van der Waals surface area contributed by atoms with Gasteiger partial charge in [0.15, 0.2) is 0 Å². The van der Waals surface area contributed by atoms with E-state index in [0.717, 1.165) is 18.2 Å². The summed E-state index contributed by atoms with van der Waals surface area (Å²) in [7, 11) is 0. The van der Waals surface area contributed by atoms with Crippen LogP contribution in [0, 0.1) is 0 Å². The van der Waals surface area contributed by atoms with Crippen molar-refractivity contribution in [2.45, 2.75) is 12.2 Å². The smallest absolute Gasteiger partial charge is 0.394 e. The van der Waals surface area contributed by atoms with E-state index in [2.05, 4.69) is 15.6 Å². The molecule has 2 amide bonds. The number of anilines is 1. The Balaban J connectivity index is 2.06. The van der Waals surface area contributed by atoms with E-state index in [9.17, 15) is 27.9 Å². The Labute approximate surface area is 140 Å². The fourth-order valence-electron chi connectivity index (χ4n) is 1.94. The highest BCUT2D eigenvalue weighted by Gasteiger charge is 2.30. The summed E-state index contributed by atoms with van der Waals surface area (Å²) >= 11 is 0. The molecule has 6 nitrogen and oxygen atoms in total. The lowest BCUT2D eigenvalue weighted by atomic mass is 10.2. The zero-order valence-corrected chi connectivity index (χ0v) is 12.7. The third-order valence-corrected chi connectivity index (χ3v) is 3.20. The molecule has 1 unspecified atom stereocenters. The van der Waals surface area contributed by atoms with Gasteiger partial charge in [-0.25, -0.2) is 0 Å². The second kappa shape index (κ2) is 7.75. The van der Waals surface area contributed by atoms with Gasteiger partial charge < -0.3 is 15.7 Å². The van der Waals surface area contributed by atoms with E-state index < -0.39 is 36.2 Å². The number of aromatic nitrogens is 1. The number of hydrogen-bond donors (Lipinski definition) is 3. The molecule has 25 heavy (non-hydrogen) atoms. The van der Waals surface area contributed by atoms with Gasteiger partial charge in [-0.05, 0) is 30.3 Å². The van der Waals surface area contributed by atoms with Crippen molar-refractivity contribution in [2.75, 3.05) is 11.9 Å². The summed E-state index contributed by atoms with van der Waals surface area (Å²) in [4.78, 5) is 27.8. The van der Waals surface area contributed by atoms with Crippen LogP contribution in [0.3, 0.4) is 0 Å². The Morgan fingerprint density at radius 2 is 1.84 bits per heavy atom. The topological polar surface area (TPSA) is 91.3 Å². The van der Waals surface area contributed by atoms with E-state index in [0.29, 0.717) is 0 Å². The largest absolute Gasteiger partial charge is 0.416 e. The molecule has 0 saturated carbocycles. The fourth-order valence-corrected chi connectivity index (χ4v) is 1.94. The van der Waals surface area contributed by atoms with Crippen LogP contribution in [0.4, 0.5) is 18.9 Å². The number of rotatable bonds is 5. The van der Waals surface area contributed by atoms with E-state index in [1.807, 2.05) is 0 Å². The summed E-state index contributed by atoms with van der Waals surface area (Å²) in [5, 5.41) is 13.8. The Hall–Kier alpha value is -2.94. The third kappa shape index (κ3) is 5.01. The second-order valence-electron chi connectivity index (χ2n) is 5.01. The maximum absolute atomic E-state index is 12.7. The van der Waals surface area contributed by atoms with Crippen molar-refractivity contribution in [1.82, 2.24) is 10.3 Å². The quantitative estimate of drug-likeness (QED) is 0.765. The molecular weight excluding hydrogens is 339 g/mol. The number of nitrogens with zero attached hydrogens (tertiary/aromatic N) is 1. The lowest BCUT2D eigenvalue weighted by Gasteiger charge is -2.17. The van der Waals surface area contributed by atoms with Crippen LogP contribution in [-0.2, 0) is 11.0 Å². The van der Waals surface area contributed by atoms with Crippen molar-refractivity contribution in [3.05, 3.63) is 59.9 Å². The highest BCUT2D eigenvalue weighted by atomic mass is 19.4. The van der Waals surface area contributed by atoms with Crippen LogP contribution < -0.4 is 10.6 Å². The molecule has 3 N–H and O–H groups in total. The number of nitrogens with one attached hydrogen (secondary N) is 2. The molecule has 9 heteroatoms. The highest BCUT2D eigenvalue weighted by molar-refractivity contribution is 6.01. The van der Waals surface area contributed by atoms with E-state index >= 15 is 0 Å². The number of benzene rings is 1. The molecular formula is C16H14F3N3O3. The van der Waals surface area contributed by atoms with Crippen LogP contribution >= 0.6 is 0 Å². The third-order valence-electron chi connectivity index (χ3n) is 3.20. The Morgan fingerprint density at radius 1 is 1.16 bits per heavy atom. The van der Waals surface area contributed by atoms with Gasteiger partial charge in [0.2, 0.25) is 5.91 Å². The minimum atomic E-state index is -4.55. The van der Waals surface area contributed by atoms with Crippen molar-refractivity contribution < 1.29 is 27.9 Å². The molecule has 0 fully saturated rings. The number of aliphatic hydroxyl groups excluding tert-OH is 1. The van der Waals surface area contributed by atoms with Gasteiger partial charge >= 0.3 is 6.18 Å². The van der Waals surface area contributed by atoms with Crippen LogP contribution in [-0.4, -0.2) is 34.6 Å². The van der Waals surface area contributed by atoms with Crippen molar-refractivity contribution in [3.8, 4) is 0 Å². The molecule has 0 aliphatic rings. The zero-order valence-electron chi connectivity index (χ0n) is 12.7. The first-order chi connectivity index (χ1) is 11.8. The molecule has 0 aliphatic heterocycles. The van der Waals surface area contributed by atoms with Crippen LogP contribution in [0.5, 0.6) is 0 Å². The van der Waals surface area contributed by atoms with E-state index in [-0.39, 0.29) is 11.3 Å². The standard InChI is InChI=1S/C16H14F3N3O3/c17-16(18,19)11-2-1-3-12(8-11)21-15(25)13(9-23)22-14(24)10-4-6-20-7-5-10/h1-8,13,23H,9H2,(H,21,25)(H,22,24). The van der Waals surface area contributed by atoms with E-state index in [4.69, 9.17) is 0 Å². The summed E-state index contributed by atoms with van der Waals surface area (Å²) < 4.78 is 38.0. The van der Waals surface area contributed by atoms with Gasteiger partial charge in [0.05, 0.1) is 12.2 Å². The monoisotopic (exact) mass is 353 g/mol. The normalized spacial score (nSPS) is 12.3. The van der Waals surface area contributed by atoms with E-state index in [1.54, 1.807) is 0 Å². The SMILES string of the molecule is O=C(NC(CO)C(=O)Nc1cccc(C(F)(F)F)c1)c1ccncc1. The summed E-state index contributed by atoms with van der Waals surface area (Å²) in [6, 6.07) is 5.54. The molecule has 1 atom stereocenters. The lowest BCUT2D eigenvalue weighted by Crippen LogP contribution is -2.46. The number of carbonyl (C=O) groups is 2. The zero-order chi connectivity index (χ0) is 18.4.